The van der Waals surface area contributed by atoms with Crippen molar-refractivity contribution >= 4 is 17.9 Å². The summed E-state index contributed by atoms with van der Waals surface area (Å²) >= 11 is 5.98. The number of nitrogens with one attached hydrogen (secondary N) is 1. The fraction of sp³-hybridized carbons (Fsp3) is 0.0909. The van der Waals surface area contributed by atoms with Crippen LogP contribution in [0.1, 0.15) is 16.2 Å². The number of carbonyl (C=O) groups excluding carboxylic acids is 1. The number of rotatable bonds is 2. The third kappa shape index (κ3) is 1.57. The molecule has 0 spiro atoms. The zero-order valence-corrected chi connectivity index (χ0v) is 9.28. The number of halogens is 1. The van der Waals surface area contributed by atoms with Crippen molar-refractivity contribution in [2.75, 3.05) is 0 Å². The first-order valence-corrected chi connectivity index (χ1v) is 5.04. The van der Waals surface area contributed by atoms with Crippen LogP contribution in [-0.4, -0.2) is 15.8 Å². The van der Waals surface area contributed by atoms with Crippen molar-refractivity contribution < 1.29 is 4.79 Å². The Morgan fingerprint density at radius 2 is 2.06 bits per heavy atom. The second kappa shape index (κ2) is 3.98. The van der Waals surface area contributed by atoms with Gasteiger partial charge in [0.05, 0.1) is 10.7 Å². The largest absolute Gasteiger partial charge is 0.330 e. The zero-order valence-electron chi connectivity index (χ0n) is 8.53. The summed E-state index contributed by atoms with van der Waals surface area (Å²) in [6, 6.07) is 6.87. The van der Waals surface area contributed by atoms with Gasteiger partial charge in [-0.1, -0.05) is 23.7 Å². The van der Waals surface area contributed by atoms with Gasteiger partial charge in [0.25, 0.3) is 0 Å². The van der Waals surface area contributed by atoms with E-state index in [-0.39, 0.29) is 11.4 Å². The lowest BCUT2D eigenvalue weighted by Crippen LogP contribution is -2.17. The van der Waals surface area contributed by atoms with Crippen LogP contribution in [0.25, 0.3) is 5.69 Å². The Hall–Kier alpha value is -1.81. The lowest BCUT2D eigenvalue weighted by atomic mass is 10.3. The SMILES string of the molecule is Cc1[nH]c(=O)n(-c2ccccc2Cl)c1C=O. The topological polar surface area (TPSA) is 54.9 Å². The number of aromatic nitrogens is 2. The van der Waals surface area contributed by atoms with Crippen LogP contribution in [-0.2, 0) is 0 Å². The molecule has 82 valence electrons. The van der Waals surface area contributed by atoms with Crippen molar-refractivity contribution in [3.05, 3.63) is 51.2 Å². The first kappa shape index (κ1) is 10.7. The highest BCUT2D eigenvalue weighted by atomic mass is 35.5. The van der Waals surface area contributed by atoms with Crippen molar-refractivity contribution in [1.82, 2.24) is 9.55 Å². The molecule has 0 aliphatic carbocycles. The normalized spacial score (nSPS) is 10.4. The molecule has 0 aliphatic heterocycles. The maximum atomic E-state index is 11.7. The van der Waals surface area contributed by atoms with Gasteiger partial charge in [0.1, 0.15) is 5.69 Å². The standard InChI is InChI=1S/C11H9ClN2O2/c1-7-10(6-15)14(11(16)13-7)9-5-3-2-4-8(9)12/h2-6H,1H3,(H,13,16). The lowest BCUT2D eigenvalue weighted by Gasteiger charge is -2.05. The molecule has 0 aliphatic rings. The molecule has 1 N–H and O–H groups in total. The van der Waals surface area contributed by atoms with Crippen LogP contribution in [0.15, 0.2) is 29.1 Å². The quantitative estimate of drug-likeness (QED) is 0.811. The molecule has 0 saturated heterocycles. The Morgan fingerprint density at radius 1 is 1.38 bits per heavy atom. The molecule has 1 aromatic heterocycles. The van der Waals surface area contributed by atoms with Gasteiger partial charge in [0.2, 0.25) is 0 Å². The van der Waals surface area contributed by atoms with Gasteiger partial charge in [-0.2, -0.15) is 0 Å². The van der Waals surface area contributed by atoms with E-state index >= 15 is 0 Å². The second-order valence-corrected chi connectivity index (χ2v) is 3.75. The van der Waals surface area contributed by atoms with Crippen LogP contribution < -0.4 is 5.69 Å². The van der Waals surface area contributed by atoms with E-state index in [9.17, 15) is 9.59 Å². The van der Waals surface area contributed by atoms with E-state index < -0.39 is 0 Å². The van der Waals surface area contributed by atoms with Gasteiger partial charge in [0.15, 0.2) is 6.29 Å². The molecule has 2 rings (SSSR count). The number of benzene rings is 1. The summed E-state index contributed by atoms with van der Waals surface area (Å²) in [5, 5.41) is 0.423. The molecule has 0 amide bonds. The smallest absolute Gasteiger partial charge is 0.309 e. The Labute approximate surface area is 96.5 Å². The fourth-order valence-corrected chi connectivity index (χ4v) is 1.79. The maximum absolute atomic E-state index is 11.7. The molecule has 1 aromatic carbocycles. The number of hydrogen-bond donors (Lipinski definition) is 1. The predicted octanol–water partition coefficient (Wildman–Crippen LogP) is 1.94. The Kier molecular flexibility index (Phi) is 2.66. The summed E-state index contributed by atoms with van der Waals surface area (Å²) in [7, 11) is 0. The highest BCUT2D eigenvalue weighted by molar-refractivity contribution is 6.32. The molecule has 4 nitrogen and oxygen atoms in total. The number of hydrogen-bond acceptors (Lipinski definition) is 2. The number of nitrogens with zero attached hydrogens (tertiary/aromatic N) is 1. The van der Waals surface area contributed by atoms with E-state index in [4.69, 9.17) is 11.6 Å². The number of aromatic amines is 1. The molecule has 0 bridgehead atoms. The van der Waals surface area contributed by atoms with Crippen molar-refractivity contribution in [1.29, 1.82) is 0 Å². The summed E-state index contributed by atoms with van der Waals surface area (Å²) in [5.41, 5.74) is 0.950. The molecular weight excluding hydrogens is 228 g/mol. The van der Waals surface area contributed by atoms with Crippen LogP contribution in [0.5, 0.6) is 0 Å². The molecule has 1 heterocycles. The van der Waals surface area contributed by atoms with Crippen molar-refractivity contribution in [3.63, 3.8) is 0 Å². The first-order chi connectivity index (χ1) is 7.65. The molecule has 5 heteroatoms. The summed E-state index contributed by atoms with van der Waals surface area (Å²) in [6.07, 6.45) is 0.635. The van der Waals surface area contributed by atoms with Gasteiger partial charge in [-0.15, -0.1) is 0 Å². The maximum Gasteiger partial charge on any atom is 0.330 e. The van der Waals surface area contributed by atoms with Crippen LogP contribution >= 0.6 is 11.6 Å². The van der Waals surface area contributed by atoms with Crippen molar-refractivity contribution in [2.45, 2.75) is 6.92 Å². The Bertz CT molecular complexity index is 598. The lowest BCUT2D eigenvalue weighted by molar-refractivity contribution is 0.111. The molecular formula is C11H9ClN2O2. The third-order valence-corrected chi connectivity index (χ3v) is 2.65. The summed E-state index contributed by atoms with van der Waals surface area (Å²) in [6.45, 7) is 1.67. The summed E-state index contributed by atoms with van der Waals surface area (Å²) in [5.74, 6) is 0. The monoisotopic (exact) mass is 236 g/mol. The van der Waals surface area contributed by atoms with E-state index in [0.29, 0.717) is 22.7 Å². The number of H-pyrrole nitrogens is 1. The van der Waals surface area contributed by atoms with Gasteiger partial charge in [-0.05, 0) is 19.1 Å². The number of aryl methyl sites for hydroxylation is 1. The minimum Gasteiger partial charge on any atom is -0.309 e. The summed E-state index contributed by atoms with van der Waals surface area (Å²) < 4.78 is 1.27. The molecule has 0 unspecified atom stereocenters. The highest BCUT2D eigenvalue weighted by Crippen LogP contribution is 2.19. The van der Waals surface area contributed by atoms with Gasteiger partial charge < -0.3 is 4.98 Å². The fourth-order valence-electron chi connectivity index (χ4n) is 1.57. The van der Waals surface area contributed by atoms with Gasteiger partial charge in [0, 0.05) is 5.69 Å². The van der Waals surface area contributed by atoms with Crippen LogP contribution in [0, 0.1) is 6.92 Å². The average molecular weight is 237 g/mol. The minimum absolute atomic E-state index is 0.290. The van der Waals surface area contributed by atoms with Gasteiger partial charge >= 0.3 is 5.69 Å². The minimum atomic E-state index is -0.368. The van der Waals surface area contributed by atoms with E-state index in [2.05, 4.69) is 4.98 Å². The first-order valence-electron chi connectivity index (χ1n) is 4.67. The van der Waals surface area contributed by atoms with Crippen LogP contribution in [0.2, 0.25) is 5.02 Å². The third-order valence-electron chi connectivity index (χ3n) is 2.33. The Morgan fingerprint density at radius 3 is 2.69 bits per heavy atom. The number of para-hydroxylation sites is 1. The van der Waals surface area contributed by atoms with Gasteiger partial charge in [-0.3, -0.25) is 9.36 Å². The Balaban J connectivity index is 2.79. The second-order valence-electron chi connectivity index (χ2n) is 3.35. The van der Waals surface area contributed by atoms with Gasteiger partial charge in [-0.25, -0.2) is 4.79 Å². The van der Waals surface area contributed by atoms with E-state index in [1.807, 2.05) is 0 Å². The van der Waals surface area contributed by atoms with E-state index in [1.165, 1.54) is 4.57 Å². The van der Waals surface area contributed by atoms with E-state index in [1.54, 1.807) is 31.2 Å². The number of imidazole rings is 1. The van der Waals surface area contributed by atoms with Crippen molar-refractivity contribution in [2.24, 2.45) is 0 Å². The van der Waals surface area contributed by atoms with E-state index in [0.717, 1.165) is 0 Å². The predicted molar refractivity (Wildman–Crippen MR) is 61.5 cm³/mol. The number of carbonyl (C=O) groups is 1. The van der Waals surface area contributed by atoms with Crippen LogP contribution in [0.3, 0.4) is 0 Å². The molecule has 0 fully saturated rings. The molecule has 2 aromatic rings. The molecule has 0 atom stereocenters. The highest BCUT2D eigenvalue weighted by Gasteiger charge is 2.13. The summed E-state index contributed by atoms with van der Waals surface area (Å²) in [4.78, 5) is 25.2. The molecule has 16 heavy (non-hydrogen) atoms. The average Bonchev–Trinajstić information content (AvgIpc) is 2.54. The molecule has 0 saturated carbocycles. The van der Waals surface area contributed by atoms with Crippen molar-refractivity contribution in [3.8, 4) is 5.69 Å². The van der Waals surface area contributed by atoms with Crippen LogP contribution in [0.4, 0.5) is 0 Å². The number of aldehydes is 1. The molecule has 0 radical (unpaired) electrons. The zero-order chi connectivity index (χ0) is 11.7.